The van der Waals surface area contributed by atoms with Crippen molar-refractivity contribution < 1.29 is 0 Å². The van der Waals surface area contributed by atoms with Crippen LogP contribution in [0.15, 0.2) is 18.2 Å². The Morgan fingerprint density at radius 3 is 2.53 bits per heavy atom. The molecule has 0 radical (unpaired) electrons. The van der Waals surface area contributed by atoms with Crippen molar-refractivity contribution in [2.45, 2.75) is 20.8 Å². The second-order valence-corrected chi connectivity index (χ2v) is 6.15. The maximum absolute atomic E-state index is 8.90. The predicted octanol–water partition coefficient (Wildman–Crippen LogP) is 3.69. The van der Waals surface area contributed by atoms with Gasteiger partial charge in [-0.3, -0.25) is 0 Å². The number of rotatable bonds is 1. The number of benzene rings is 1. The molecule has 1 fully saturated rings. The third-order valence-corrected chi connectivity index (χ3v) is 3.84. The van der Waals surface area contributed by atoms with Gasteiger partial charge in [0.1, 0.15) is 0 Å². The van der Waals surface area contributed by atoms with Crippen LogP contribution in [0.2, 0.25) is 5.02 Å². The van der Waals surface area contributed by atoms with Crippen LogP contribution in [0, 0.1) is 22.7 Å². The Balaban J connectivity index is 2.14. The van der Waals surface area contributed by atoms with Crippen molar-refractivity contribution in [3.05, 3.63) is 28.8 Å². The first-order chi connectivity index (χ1) is 7.91. The van der Waals surface area contributed by atoms with Crippen LogP contribution >= 0.6 is 11.6 Å². The van der Waals surface area contributed by atoms with E-state index in [9.17, 15) is 0 Å². The Bertz CT molecular complexity index is 462. The second-order valence-electron chi connectivity index (χ2n) is 5.75. The van der Waals surface area contributed by atoms with Crippen LogP contribution in [0.5, 0.6) is 0 Å². The molecule has 0 spiro atoms. The highest BCUT2D eigenvalue weighted by atomic mass is 35.5. The summed E-state index contributed by atoms with van der Waals surface area (Å²) < 4.78 is 0. The molecule has 2 nitrogen and oxygen atoms in total. The number of hydrogen-bond donors (Lipinski definition) is 0. The number of nitriles is 1. The largest absolute Gasteiger partial charge is 0.370 e. The smallest absolute Gasteiger partial charge is 0.0992 e. The van der Waals surface area contributed by atoms with E-state index in [0.717, 1.165) is 23.8 Å². The number of anilines is 1. The molecule has 3 heteroatoms. The standard InChI is InChI=1S/C14H17ClN2/c1-14(2,3)11-8-17(9-11)13-6-10(7-16)4-5-12(13)15/h4-6,11H,8-9H2,1-3H3. The summed E-state index contributed by atoms with van der Waals surface area (Å²) in [6, 6.07) is 7.59. The van der Waals surface area contributed by atoms with Gasteiger partial charge >= 0.3 is 0 Å². The van der Waals surface area contributed by atoms with E-state index in [4.69, 9.17) is 16.9 Å². The second kappa shape index (κ2) is 4.23. The average molecular weight is 249 g/mol. The molecule has 17 heavy (non-hydrogen) atoms. The lowest BCUT2D eigenvalue weighted by Crippen LogP contribution is -2.52. The molecule has 90 valence electrons. The molecule has 0 aromatic heterocycles. The molecule has 0 unspecified atom stereocenters. The van der Waals surface area contributed by atoms with Crippen molar-refractivity contribution >= 4 is 17.3 Å². The zero-order chi connectivity index (χ0) is 12.6. The van der Waals surface area contributed by atoms with Gasteiger partial charge in [0.25, 0.3) is 0 Å². The predicted molar refractivity (Wildman–Crippen MR) is 71.3 cm³/mol. The molecule has 1 aliphatic heterocycles. The van der Waals surface area contributed by atoms with Crippen LogP contribution in [0.25, 0.3) is 0 Å². The Labute approximate surface area is 108 Å². The first kappa shape index (κ1) is 12.3. The molecule has 1 aromatic rings. The van der Waals surface area contributed by atoms with Crippen LogP contribution in [0.4, 0.5) is 5.69 Å². The molecule has 1 aliphatic rings. The Kier molecular flexibility index (Phi) is 3.05. The molecule has 0 N–H and O–H groups in total. The highest BCUT2D eigenvalue weighted by Crippen LogP contribution is 2.38. The van der Waals surface area contributed by atoms with Gasteiger partial charge in [-0.2, -0.15) is 5.26 Å². The molecular formula is C14H17ClN2. The molecule has 1 heterocycles. The van der Waals surface area contributed by atoms with Crippen LogP contribution in [0.3, 0.4) is 0 Å². The fourth-order valence-electron chi connectivity index (χ4n) is 2.05. The first-order valence-electron chi connectivity index (χ1n) is 5.86. The first-order valence-corrected chi connectivity index (χ1v) is 6.24. The zero-order valence-electron chi connectivity index (χ0n) is 10.5. The topological polar surface area (TPSA) is 27.0 Å². The third-order valence-electron chi connectivity index (χ3n) is 3.52. The van der Waals surface area contributed by atoms with E-state index < -0.39 is 0 Å². The van der Waals surface area contributed by atoms with E-state index in [0.29, 0.717) is 16.9 Å². The molecule has 0 aliphatic carbocycles. The van der Waals surface area contributed by atoms with Gasteiger partial charge in [-0.05, 0) is 29.5 Å². The normalized spacial score (nSPS) is 16.5. The monoisotopic (exact) mass is 248 g/mol. The Morgan fingerprint density at radius 2 is 2.00 bits per heavy atom. The minimum Gasteiger partial charge on any atom is -0.370 e. The fraction of sp³-hybridized carbons (Fsp3) is 0.500. The maximum Gasteiger partial charge on any atom is 0.0992 e. The summed E-state index contributed by atoms with van der Waals surface area (Å²) in [6.45, 7) is 8.85. The van der Waals surface area contributed by atoms with Crippen molar-refractivity contribution in [2.24, 2.45) is 11.3 Å². The summed E-state index contributed by atoms with van der Waals surface area (Å²) in [6.07, 6.45) is 0. The van der Waals surface area contributed by atoms with Crippen molar-refractivity contribution in [1.82, 2.24) is 0 Å². The molecule has 0 bridgehead atoms. The van der Waals surface area contributed by atoms with E-state index in [-0.39, 0.29) is 0 Å². The lowest BCUT2D eigenvalue weighted by molar-refractivity contribution is 0.195. The van der Waals surface area contributed by atoms with Gasteiger partial charge in [0, 0.05) is 13.1 Å². The van der Waals surface area contributed by atoms with Gasteiger partial charge in [0.05, 0.1) is 22.3 Å². The maximum atomic E-state index is 8.90. The fourth-order valence-corrected chi connectivity index (χ4v) is 2.28. The number of nitrogens with zero attached hydrogens (tertiary/aromatic N) is 2. The van der Waals surface area contributed by atoms with Crippen LogP contribution in [-0.4, -0.2) is 13.1 Å². The Hall–Kier alpha value is -1.20. The summed E-state index contributed by atoms with van der Waals surface area (Å²) in [7, 11) is 0. The minimum absolute atomic E-state index is 0.343. The highest BCUT2D eigenvalue weighted by Gasteiger charge is 2.36. The van der Waals surface area contributed by atoms with Crippen molar-refractivity contribution in [3.8, 4) is 6.07 Å². The van der Waals surface area contributed by atoms with Gasteiger partial charge in [0.2, 0.25) is 0 Å². The third kappa shape index (κ3) is 2.40. The van der Waals surface area contributed by atoms with Crippen LogP contribution < -0.4 is 4.90 Å². The van der Waals surface area contributed by atoms with Crippen LogP contribution in [0.1, 0.15) is 26.3 Å². The number of halogens is 1. The molecule has 0 saturated carbocycles. The summed E-state index contributed by atoms with van der Waals surface area (Å²) in [4.78, 5) is 2.25. The zero-order valence-corrected chi connectivity index (χ0v) is 11.3. The van der Waals surface area contributed by atoms with Crippen molar-refractivity contribution in [1.29, 1.82) is 5.26 Å². The van der Waals surface area contributed by atoms with Crippen molar-refractivity contribution in [3.63, 3.8) is 0 Å². The van der Waals surface area contributed by atoms with Gasteiger partial charge in [-0.15, -0.1) is 0 Å². The molecule has 1 saturated heterocycles. The Morgan fingerprint density at radius 1 is 1.35 bits per heavy atom. The molecule has 0 amide bonds. The van der Waals surface area contributed by atoms with E-state index in [1.807, 2.05) is 6.07 Å². The van der Waals surface area contributed by atoms with Gasteiger partial charge in [0.15, 0.2) is 0 Å². The van der Waals surface area contributed by atoms with E-state index in [1.165, 1.54) is 0 Å². The number of hydrogen-bond acceptors (Lipinski definition) is 2. The summed E-state index contributed by atoms with van der Waals surface area (Å²) in [5.41, 5.74) is 2.00. The van der Waals surface area contributed by atoms with E-state index >= 15 is 0 Å². The minimum atomic E-state index is 0.343. The quantitative estimate of drug-likeness (QED) is 0.758. The lowest BCUT2D eigenvalue weighted by atomic mass is 9.76. The van der Waals surface area contributed by atoms with Gasteiger partial charge in [-0.25, -0.2) is 0 Å². The average Bonchev–Trinajstić information content (AvgIpc) is 2.16. The van der Waals surface area contributed by atoms with Crippen LogP contribution in [-0.2, 0) is 0 Å². The summed E-state index contributed by atoms with van der Waals surface area (Å²) in [5.74, 6) is 0.698. The molecule has 2 rings (SSSR count). The summed E-state index contributed by atoms with van der Waals surface area (Å²) in [5, 5.41) is 9.63. The van der Waals surface area contributed by atoms with Gasteiger partial charge < -0.3 is 4.90 Å². The SMILES string of the molecule is CC(C)(C)C1CN(c2cc(C#N)ccc2Cl)C1. The van der Waals surface area contributed by atoms with E-state index in [1.54, 1.807) is 12.1 Å². The van der Waals surface area contributed by atoms with E-state index in [2.05, 4.69) is 31.7 Å². The highest BCUT2D eigenvalue weighted by molar-refractivity contribution is 6.33. The summed E-state index contributed by atoms with van der Waals surface area (Å²) >= 11 is 6.17. The van der Waals surface area contributed by atoms with Crippen molar-refractivity contribution in [2.75, 3.05) is 18.0 Å². The molecule has 0 atom stereocenters. The van der Waals surface area contributed by atoms with Gasteiger partial charge in [-0.1, -0.05) is 32.4 Å². The molecular weight excluding hydrogens is 232 g/mol. The molecule has 1 aromatic carbocycles. The lowest BCUT2D eigenvalue weighted by Gasteiger charge is -2.47.